The van der Waals surface area contributed by atoms with Crippen molar-refractivity contribution < 1.29 is 0 Å². The van der Waals surface area contributed by atoms with E-state index in [1.54, 1.807) is 6.33 Å². The van der Waals surface area contributed by atoms with E-state index in [1.807, 2.05) is 18.5 Å². The Morgan fingerprint density at radius 2 is 2.04 bits per heavy atom. The van der Waals surface area contributed by atoms with Gasteiger partial charge in [0.2, 0.25) is 0 Å². The normalized spacial score (nSPS) is 21.0. The third kappa shape index (κ3) is 2.80. The predicted molar refractivity (Wildman–Crippen MR) is 99.7 cm³/mol. The molecule has 1 aromatic carbocycles. The molecule has 7 heteroatoms. The molecule has 2 fully saturated rings. The molecule has 0 N–H and O–H groups in total. The van der Waals surface area contributed by atoms with Gasteiger partial charge in [-0.1, -0.05) is 15.9 Å². The van der Waals surface area contributed by atoms with Gasteiger partial charge in [0.15, 0.2) is 0 Å². The van der Waals surface area contributed by atoms with Gasteiger partial charge in [-0.2, -0.15) is 0 Å². The number of piperidine rings is 1. The highest BCUT2D eigenvalue weighted by Gasteiger charge is 2.32. The molecule has 1 unspecified atom stereocenters. The van der Waals surface area contributed by atoms with E-state index in [0.717, 1.165) is 52.9 Å². The molecule has 0 spiro atoms. The molecule has 6 nitrogen and oxygen atoms in total. The van der Waals surface area contributed by atoms with E-state index in [4.69, 9.17) is 0 Å². The number of rotatable bonds is 3. The maximum Gasteiger partial charge on any atom is 0.139 e. The number of halogens is 1. The van der Waals surface area contributed by atoms with Crippen LogP contribution in [0.2, 0.25) is 0 Å². The maximum atomic E-state index is 4.61. The number of benzene rings is 1. The number of anilines is 1. The third-order valence-electron chi connectivity index (χ3n) is 5.20. The van der Waals surface area contributed by atoms with Gasteiger partial charge in [0, 0.05) is 34.9 Å². The van der Waals surface area contributed by atoms with Crippen molar-refractivity contribution in [3.05, 3.63) is 41.2 Å². The van der Waals surface area contributed by atoms with Crippen LogP contribution in [0, 0.1) is 0 Å². The molecule has 5 rings (SSSR count). The van der Waals surface area contributed by atoms with Crippen LogP contribution in [0.1, 0.15) is 43.5 Å². The number of fused-ring (bicyclic) bond motifs is 1. The summed E-state index contributed by atoms with van der Waals surface area (Å²) < 4.78 is 3.35. The van der Waals surface area contributed by atoms with Gasteiger partial charge >= 0.3 is 0 Å². The number of nitrogens with zero attached hydrogens (tertiary/aromatic N) is 6. The molecule has 1 saturated carbocycles. The van der Waals surface area contributed by atoms with Gasteiger partial charge < -0.3 is 9.47 Å². The molecule has 1 aliphatic carbocycles. The van der Waals surface area contributed by atoms with Crippen molar-refractivity contribution >= 4 is 32.7 Å². The van der Waals surface area contributed by atoms with Crippen LogP contribution >= 0.6 is 15.9 Å². The highest BCUT2D eigenvalue weighted by Crippen LogP contribution is 2.39. The molecule has 2 aromatic heterocycles. The van der Waals surface area contributed by atoms with E-state index in [-0.39, 0.29) is 0 Å². The van der Waals surface area contributed by atoms with E-state index in [9.17, 15) is 0 Å². The van der Waals surface area contributed by atoms with Gasteiger partial charge in [0.1, 0.15) is 24.3 Å². The minimum absolute atomic E-state index is 0.411. The lowest BCUT2D eigenvalue weighted by Gasteiger charge is -2.33. The Balaban J connectivity index is 1.49. The minimum Gasteiger partial charge on any atom is -0.355 e. The van der Waals surface area contributed by atoms with Gasteiger partial charge in [0.05, 0.1) is 5.52 Å². The molecule has 1 atom stereocenters. The molecule has 1 aliphatic heterocycles. The summed E-state index contributed by atoms with van der Waals surface area (Å²) in [6.45, 7) is 1.96. The van der Waals surface area contributed by atoms with Crippen molar-refractivity contribution in [2.24, 2.45) is 0 Å². The molecular formula is C18H19BrN6. The van der Waals surface area contributed by atoms with Crippen molar-refractivity contribution in [2.75, 3.05) is 18.0 Å². The van der Waals surface area contributed by atoms with Crippen molar-refractivity contribution in [2.45, 2.75) is 37.6 Å². The lowest BCUT2D eigenvalue weighted by atomic mass is 9.96. The van der Waals surface area contributed by atoms with Crippen LogP contribution in [0.25, 0.3) is 10.9 Å². The Bertz CT molecular complexity index is 919. The lowest BCUT2D eigenvalue weighted by Crippen LogP contribution is -2.36. The summed E-state index contributed by atoms with van der Waals surface area (Å²) in [4.78, 5) is 11.4. The highest BCUT2D eigenvalue weighted by molar-refractivity contribution is 9.10. The fourth-order valence-corrected chi connectivity index (χ4v) is 4.19. The fourth-order valence-electron chi connectivity index (χ4n) is 3.83. The fraction of sp³-hybridized carbons (Fsp3) is 0.444. The van der Waals surface area contributed by atoms with E-state index < -0.39 is 0 Å². The number of hydrogen-bond donors (Lipinski definition) is 0. The molecule has 25 heavy (non-hydrogen) atoms. The first kappa shape index (κ1) is 15.3. The van der Waals surface area contributed by atoms with Crippen LogP contribution in [0.3, 0.4) is 0 Å². The minimum atomic E-state index is 0.411. The number of aromatic nitrogens is 5. The summed E-state index contributed by atoms with van der Waals surface area (Å²) in [7, 11) is 0. The summed E-state index contributed by atoms with van der Waals surface area (Å²) in [5.41, 5.74) is 0.983. The summed E-state index contributed by atoms with van der Waals surface area (Å²) in [6.07, 6.45) is 8.39. The van der Waals surface area contributed by atoms with E-state index in [2.05, 4.69) is 51.6 Å². The van der Waals surface area contributed by atoms with Crippen LogP contribution < -0.4 is 4.90 Å². The molecule has 0 amide bonds. The first-order valence-corrected chi connectivity index (χ1v) is 9.63. The van der Waals surface area contributed by atoms with Gasteiger partial charge in [0.25, 0.3) is 0 Å². The SMILES string of the molecule is Brc1ccc2ncnc(N3CCCC(c4nncn4C4CC4)C3)c2c1. The standard InChI is InChI=1S/C18H19BrN6/c19-13-3-6-16-15(8-13)18(21-10-20-16)24-7-1-2-12(9-24)17-23-22-11-25(17)14-4-5-14/h3,6,8,10-12,14H,1-2,4-5,7,9H2. The van der Waals surface area contributed by atoms with Crippen LogP contribution in [0.5, 0.6) is 0 Å². The molecule has 0 radical (unpaired) electrons. The second-order valence-corrected chi connectivity index (χ2v) is 7.89. The average Bonchev–Trinajstić information content (AvgIpc) is 3.37. The Hall–Kier alpha value is -2.02. The van der Waals surface area contributed by atoms with Crippen molar-refractivity contribution in [1.82, 2.24) is 24.7 Å². The van der Waals surface area contributed by atoms with Crippen molar-refractivity contribution in [3.63, 3.8) is 0 Å². The highest BCUT2D eigenvalue weighted by atomic mass is 79.9. The van der Waals surface area contributed by atoms with Crippen molar-refractivity contribution in [1.29, 1.82) is 0 Å². The lowest BCUT2D eigenvalue weighted by molar-refractivity contribution is 0.469. The summed E-state index contributed by atoms with van der Waals surface area (Å²) in [6, 6.07) is 6.80. The molecule has 128 valence electrons. The Kier molecular flexibility index (Phi) is 3.69. The first-order valence-electron chi connectivity index (χ1n) is 8.84. The van der Waals surface area contributed by atoms with Gasteiger partial charge in [-0.05, 0) is 43.9 Å². The predicted octanol–water partition coefficient (Wildman–Crippen LogP) is 3.70. The second-order valence-electron chi connectivity index (χ2n) is 6.97. The Morgan fingerprint density at radius 3 is 2.92 bits per heavy atom. The van der Waals surface area contributed by atoms with Gasteiger partial charge in [-0.3, -0.25) is 0 Å². The van der Waals surface area contributed by atoms with E-state index in [1.165, 1.54) is 12.8 Å². The largest absolute Gasteiger partial charge is 0.355 e. The first-order chi connectivity index (χ1) is 12.3. The molecule has 3 heterocycles. The van der Waals surface area contributed by atoms with Gasteiger partial charge in [-0.15, -0.1) is 10.2 Å². The van der Waals surface area contributed by atoms with Crippen LogP contribution in [0.4, 0.5) is 5.82 Å². The Labute approximate surface area is 154 Å². The van der Waals surface area contributed by atoms with Crippen LogP contribution in [-0.2, 0) is 0 Å². The summed E-state index contributed by atoms with van der Waals surface area (Å²) in [5.74, 6) is 2.58. The van der Waals surface area contributed by atoms with E-state index >= 15 is 0 Å². The molecule has 0 bridgehead atoms. The number of hydrogen-bond acceptors (Lipinski definition) is 5. The van der Waals surface area contributed by atoms with Crippen LogP contribution in [0.15, 0.2) is 35.3 Å². The zero-order valence-electron chi connectivity index (χ0n) is 13.8. The quantitative estimate of drug-likeness (QED) is 0.672. The zero-order chi connectivity index (χ0) is 16.8. The molecule has 1 saturated heterocycles. The molecular weight excluding hydrogens is 380 g/mol. The summed E-state index contributed by atoms with van der Waals surface area (Å²) in [5, 5.41) is 9.73. The van der Waals surface area contributed by atoms with Crippen molar-refractivity contribution in [3.8, 4) is 0 Å². The monoisotopic (exact) mass is 398 g/mol. The average molecular weight is 399 g/mol. The summed E-state index contributed by atoms with van der Waals surface area (Å²) >= 11 is 3.57. The zero-order valence-corrected chi connectivity index (χ0v) is 15.4. The smallest absolute Gasteiger partial charge is 0.139 e. The molecule has 3 aromatic rings. The topological polar surface area (TPSA) is 59.7 Å². The third-order valence-corrected chi connectivity index (χ3v) is 5.70. The Morgan fingerprint density at radius 1 is 1.12 bits per heavy atom. The van der Waals surface area contributed by atoms with Crippen LogP contribution in [-0.4, -0.2) is 37.8 Å². The maximum absolute atomic E-state index is 4.61. The van der Waals surface area contributed by atoms with E-state index in [0.29, 0.717) is 12.0 Å². The second kappa shape index (κ2) is 6.05. The molecule has 2 aliphatic rings. The van der Waals surface area contributed by atoms with Gasteiger partial charge in [-0.25, -0.2) is 9.97 Å².